The minimum absolute atomic E-state index is 0.0305. The van der Waals surface area contributed by atoms with Gasteiger partial charge in [-0.3, -0.25) is 34.5 Å². The molecule has 1 aromatic heterocycles. The molecule has 1 amide bonds. The van der Waals surface area contributed by atoms with E-state index in [1.807, 2.05) is 19.0 Å². The predicted molar refractivity (Wildman–Crippen MR) is 127 cm³/mol. The molecule has 1 saturated carbocycles. The third-order valence-electron chi connectivity index (χ3n) is 7.28. The van der Waals surface area contributed by atoms with Gasteiger partial charge in [-0.15, -0.1) is 0 Å². The molecule has 12 heteroatoms. The van der Waals surface area contributed by atoms with Crippen LogP contribution in [0, 0.1) is 11.8 Å². The molecule has 0 bridgehead atoms. The number of ketones is 2. The van der Waals surface area contributed by atoms with E-state index in [-0.39, 0.29) is 29.7 Å². The monoisotopic (exact) mass is 501 g/mol. The first-order valence-electron chi connectivity index (χ1n) is 11.5. The van der Waals surface area contributed by atoms with Crippen molar-refractivity contribution in [3.05, 3.63) is 39.9 Å². The average molecular weight is 502 g/mol. The van der Waals surface area contributed by atoms with Crippen LogP contribution in [0.5, 0.6) is 5.75 Å². The number of amides is 1. The molecule has 36 heavy (non-hydrogen) atoms. The Kier molecular flexibility index (Phi) is 6.41. The van der Waals surface area contributed by atoms with Crippen LogP contribution in [0.3, 0.4) is 0 Å². The highest BCUT2D eigenvalue weighted by atomic mass is 16.3. The molecule has 1 fully saturated rings. The summed E-state index contributed by atoms with van der Waals surface area (Å²) in [6.07, 6.45) is 1.41. The summed E-state index contributed by atoms with van der Waals surface area (Å²) in [5.74, 6) is -6.81. The molecule has 3 aliphatic rings. The maximum absolute atomic E-state index is 13.8. The van der Waals surface area contributed by atoms with E-state index in [1.54, 1.807) is 14.1 Å². The second kappa shape index (κ2) is 8.96. The van der Waals surface area contributed by atoms with Crippen LogP contribution < -0.4 is 11.1 Å². The summed E-state index contributed by atoms with van der Waals surface area (Å²) in [5.41, 5.74) is 2.81. The minimum atomic E-state index is -2.65. The molecule has 4 atom stereocenters. The Morgan fingerprint density at radius 3 is 2.47 bits per heavy atom. The van der Waals surface area contributed by atoms with Crippen LogP contribution in [0.25, 0.3) is 5.76 Å². The molecule has 0 spiro atoms. The van der Waals surface area contributed by atoms with Crippen molar-refractivity contribution in [1.29, 1.82) is 0 Å². The summed E-state index contributed by atoms with van der Waals surface area (Å²) < 4.78 is 0. The van der Waals surface area contributed by atoms with Crippen LogP contribution in [-0.4, -0.2) is 99.2 Å². The van der Waals surface area contributed by atoms with Crippen molar-refractivity contribution in [1.82, 2.24) is 20.1 Å². The Labute approximate surface area is 207 Å². The first-order chi connectivity index (χ1) is 16.8. The molecule has 1 aromatic rings. The number of nitrogens with zero attached hydrogens (tertiary/aromatic N) is 3. The van der Waals surface area contributed by atoms with E-state index < -0.39 is 58.0 Å². The Balaban J connectivity index is 1.88. The number of fused-ring (bicyclic) bond motifs is 3. The Morgan fingerprint density at radius 2 is 1.89 bits per heavy atom. The third kappa shape index (κ3) is 3.68. The van der Waals surface area contributed by atoms with Crippen molar-refractivity contribution in [2.75, 3.05) is 34.9 Å². The molecule has 0 saturated heterocycles. The molecule has 0 unspecified atom stereocenters. The van der Waals surface area contributed by atoms with Crippen LogP contribution in [-0.2, 0) is 27.3 Å². The third-order valence-corrected chi connectivity index (χ3v) is 7.28. The highest BCUT2D eigenvalue weighted by Crippen LogP contribution is 2.52. The average Bonchev–Trinajstić information content (AvgIpc) is 2.77. The standard InChI is InChI=1S/C24H31N5O7/c1-28(2)9-26-7-13-11-5-10-6-12-18(29(3)4)20(32)17(23(25)35)22(34)24(12,36)21(33)15(10)19(31)16(11)14(30)8-27-13/h8,10,12,18,26,30-31,34,36H,5-7,9H2,1-4H3,(H2,25,35)/t10-,12-,18-,24-/m0/s1. The molecule has 1 heterocycles. The van der Waals surface area contributed by atoms with E-state index >= 15 is 0 Å². The summed E-state index contributed by atoms with van der Waals surface area (Å²) in [6.45, 7) is 0.892. The molecule has 194 valence electrons. The van der Waals surface area contributed by atoms with E-state index in [0.717, 1.165) is 0 Å². The maximum atomic E-state index is 13.8. The maximum Gasteiger partial charge on any atom is 0.255 e. The molecule has 0 radical (unpaired) electrons. The van der Waals surface area contributed by atoms with Crippen molar-refractivity contribution in [3.8, 4) is 5.75 Å². The van der Waals surface area contributed by atoms with Gasteiger partial charge in [-0.05, 0) is 52.5 Å². The van der Waals surface area contributed by atoms with Crippen LogP contribution in [0.4, 0.5) is 0 Å². The van der Waals surface area contributed by atoms with Crippen LogP contribution in [0.2, 0.25) is 0 Å². The second-order valence-corrected chi connectivity index (χ2v) is 10.1. The van der Waals surface area contributed by atoms with E-state index in [0.29, 0.717) is 24.5 Å². The van der Waals surface area contributed by atoms with Gasteiger partial charge in [0.05, 0.1) is 23.5 Å². The SMILES string of the molecule is CN(C)CNCc1ncc(O)c2c1C[C@H]1C[C@H]3[C@H](N(C)C)C(=O)C(C(N)=O)=C(O)[C@@]3(O)C(=O)C1=C2O. The van der Waals surface area contributed by atoms with Gasteiger partial charge in [0.2, 0.25) is 5.78 Å². The first kappa shape index (κ1) is 25.8. The number of likely N-dealkylation sites (N-methyl/N-ethyl adjacent to an activating group) is 1. The number of pyridine rings is 1. The van der Waals surface area contributed by atoms with Gasteiger partial charge in [-0.25, -0.2) is 0 Å². The smallest absolute Gasteiger partial charge is 0.255 e. The van der Waals surface area contributed by atoms with Gasteiger partial charge in [0, 0.05) is 24.7 Å². The fourth-order valence-electron chi connectivity index (χ4n) is 5.75. The highest BCUT2D eigenvalue weighted by molar-refractivity contribution is 6.24. The lowest BCUT2D eigenvalue weighted by molar-refractivity contribution is -0.153. The summed E-state index contributed by atoms with van der Waals surface area (Å²) in [7, 11) is 6.90. The quantitative estimate of drug-likeness (QED) is 0.206. The number of rotatable bonds is 6. The predicted octanol–water partition coefficient (Wildman–Crippen LogP) is -1.03. The van der Waals surface area contributed by atoms with Crippen molar-refractivity contribution in [2.24, 2.45) is 17.6 Å². The molecule has 12 nitrogen and oxygen atoms in total. The van der Waals surface area contributed by atoms with E-state index in [9.17, 15) is 34.8 Å². The lowest BCUT2D eigenvalue weighted by Crippen LogP contribution is -2.65. The number of carbonyl (C=O) groups is 3. The number of aromatic nitrogens is 1. The molecule has 0 aromatic carbocycles. The second-order valence-electron chi connectivity index (χ2n) is 10.1. The number of Topliss-reactive ketones (excluding diaryl/α,β-unsaturated/α-hetero) is 2. The van der Waals surface area contributed by atoms with Gasteiger partial charge in [0.1, 0.15) is 22.8 Å². The molecule has 4 rings (SSSR count). The van der Waals surface area contributed by atoms with E-state index in [2.05, 4.69) is 10.3 Å². The Hall–Kier alpha value is -3.32. The number of hydrogen-bond acceptors (Lipinski definition) is 11. The van der Waals surface area contributed by atoms with Gasteiger partial charge in [0.15, 0.2) is 11.4 Å². The first-order valence-corrected chi connectivity index (χ1v) is 11.5. The van der Waals surface area contributed by atoms with E-state index in [4.69, 9.17) is 5.73 Å². The van der Waals surface area contributed by atoms with E-state index in [1.165, 1.54) is 11.1 Å². The molecule has 0 aliphatic heterocycles. The normalized spacial score (nSPS) is 27.9. The van der Waals surface area contributed by atoms with Gasteiger partial charge in [-0.2, -0.15) is 0 Å². The summed E-state index contributed by atoms with van der Waals surface area (Å²) in [6, 6.07) is -1.12. The number of primary amides is 1. The van der Waals surface area contributed by atoms with Gasteiger partial charge >= 0.3 is 0 Å². The number of hydrogen-bond donors (Lipinski definition) is 6. The number of nitrogens with one attached hydrogen (secondary N) is 1. The Morgan fingerprint density at radius 1 is 1.22 bits per heavy atom. The van der Waals surface area contributed by atoms with Gasteiger partial charge in [-0.1, -0.05) is 0 Å². The fraction of sp³-hybridized carbons (Fsp3) is 0.500. The molecular formula is C24H31N5O7. The van der Waals surface area contributed by atoms with Crippen LogP contribution >= 0.6 is 0 Å². The largest absolute Gasteiger partial charge is 0.508 e. The zero-order valence-electron chi connectivity index (χ0n) is 20.6. The fourth-order valence-corrected chi connectivity index (χ4v) is 5.75. The zero-order chi connectivity index (χ0) is 26.7. The van der Waals surface area contributed by atoms with Gasteiger partial charge < -0.3 is 26.2 Å². The number of nitrogens with two attached hydrogens (primary N) is 1. The number of aliphatic hydroxyl groups is 3. The molecular weight excluding hydrogens is 470 g/mol. The number of carbonyl (C=O) groups excluding carboxylic acids is 3. The topological polar surface area (TPSA) is 190 Å². The number of aliphatic hydroxyl groups excluding tert-OH is 2. The van der Waals surface area contributed by atoms with Crippen molar-refractivity contribution in [3.63, 3.8) is 0 Å². The number of aromatic hydroxyl groups is 1. The van der Waals surface area contributed by atoms with Crippen molar-refractivity contribution in [2.45, 2.75) is 31.0 Å². The zero-order valence-corrected chi connectivity index (χ0v) is 20.6. The van der Waals surface area contributed by atoms with Crippen LogP contribution in [0.1, 0.15) is 23.2 Å². The Bertz CT molecular complexity index is 1220. The minimum Gasteiger partial charge on any atom is -0.508 e. The van der Waals surface area contributed by atoms with Crippen molar-refractivity contribution >= 4 is 23.2 Å². The summed E-state index contributed by atoms with van der Waals surface area (Å²) in [5, 5.41) is 47.4. The molecule has 7 N–H and O–H groups in total. The van der Waals surface area contributed by atoms with Gasteiger partial charge in [0.25, 0.3) is 5.91 Å². The summed E-state index contributed by atoms with van der Waals surface area (Å²) in [4.78, 5) is 46.6. The summed E-state index contributed by atoms with van der Waals surface area (Å²) >= 11 is 0. The van der Waals surface area contributed by atoms with Crippen LogP contribution in [0.15, 0.2) is 23.1 Å². The molecule has 3 aliphatic carbocycles. The van der Waals surface area contributed by atoms with Crippen molar-refractivity contribution < 1.29 is 34.8 Å². The lowest BCUT2D eigenvalue weighted by atomic mass is 9.57. The highest BCUT2D eigenvalue weighted by Gasteiger charge is 2.64. The lowest BCUT2D eigenvalue weighted by Gasteiger charge is -2.50.